The molecule has 0 aliphatic carbocycles. The van der Waals surface area contributed by atoms with Gasteiger partial charge in [-0.25, -0.2) is 4.79 Å². The number of carbonyl (C=O) groups excluding carboxylic acids is 1. The maximum absolute atomic E-state index is 11.4. The van der Waals surface area contributed by atoms with Gasteiger partial charge in [0, 0.05) is 6.08 Å². The number of aryl methyl sites for hydroxylation is 1. The molecule has 0 aromatic carbocycles. The first kappa shape index (κ1) is 13.0. The molecule has 1 amide bonds. The van der Waals surface area contributed by atoms with Crippen molar-refractivity contribution in [3.8, 4) is 0 Å². The van der Waals surface area contributed by atoms with E-state index < -0.39 is 17.4 Å². The molecule has 5 nitrogen and oxygen atoms in total. The first-order valence-electron chi connectivity index (χ1n) is 5.11. The predicted octanol–water partition coefficient (Wildman–Crippen LogP) is 1.58. The van der Waals surface area contributed by atoms with Crippen LogP contribution in [0.1, 0.15) is 25.4 Å². The molecule has 0 aliphatic rings. The largest absolute Gasteiger partial charge is 0.480 e. The van der Waals surface area contributed by atoms with Crippen LogP contribution in [0, 0.1) is 6.92 Å². The molecule has 1 heterocycles. The van der Waals surface area contributed by atoms with Crippen LogP contribution in [0.25, 0.3) is 6.08 Å². The van der Waals surface area contributed by atoms with Gasteiger partial charge in [-0.05, 0) is 39.0 Å². The molecule has 0 saturated heterocycles. The van der Waals surface area contributed by atoms with Crippen molar-refractivity contribution >= 4 is 18.0 Å². The molecule has 0 radical (unpaired) electrons. The standard InChI is InChI=1S/C12H15NO4/c1-8-4-5-9(17-8)6-7-10(14)13-12(2,3)11(15)16/h4-7H,1-3H3,(H,13,14)(H,15,16)/b7-6+. The lowest BCUT2D eigenvalue weighted by atomic mass is 10.1. The highest BCUT2D eigenvalue weighted by Gasteiger charge is 2.27. The number of rotatable bonds is 4. The van der Waals surface area contributed by atoms with E-state index >= 15 is 0 Å². The lowest BCUT2D eigenvalue weighted by molar-refractivity contribution is -0.145. The molecule has 17 heavy (non-hydrogen) atoms. The second kappa shape index (κ2) is 4.86. The summed E-state index contributed by atoms with van der Waals surface area (Å²) in [5.41, 5.74) is -1.29. The maximum Gasteiger partial charge on any atom is 0.328 e. The number of furan rings is 1. The minimum atomic E-state index is -1.29. The Labute approximate surface area is 99.1 Å². The van der Waals surface area contributed by atoms with Crippen LogP contribution < -0.4 is 5.32 Å². The van der Waals surface area contributed by atoms with Gasteiger partial charge < -0.3 is 14.8 Å². The van der Waals surface area contributed by atoms with E-state index in [-0.39, 0.29) is 0 Å². The Kier molecular flexibility index (Phi) is 3.73. The van der Waals surface area contributed by atoms with Gasteiger partial charge in [-0.3, -0.25) is 4.79 Å². The van der Waals surface area contributed by atoms with E-state index in [1.807, 2.05) is 0 Å². The molecule has 0 spiro atoms. The van der Waals surface area contributed by atoms with Crippen LogP contribution >= 0.6 is 0 Å². The quantitative estimate of drug-likeness (QED) is 0.779. The van der Waals surface area contributed by atoms with Crippen LogP contribution in [0.4, 0.5) is 0 Å². The highest BCUT2D eigenvalue weighted by atomic mass is 16.4. The summed E-state index contributed by atoms with van der Waals surface area (Å²) in [4.78, 5) is 22.2. The minimum Gasteiger partial charge on any atom is -0.480 e. The van der Waals surface area contributed by atoms with Gasteiger partial charge in [-0.1, -0.05) is 0 Å². The van der Waals surface area contributed by atoms with Gasteiger partial charge in [0.1, 0.15) is 17.1 Å². The number of carbonyl (C=O) groups is 2. The third kappa shape index (κ3) is 3.79. The summed E-state index contributed by atoms with van der Waals surface area (Å²) < 4.78 is 5.23. The van der Waals surface area contributed by atoms with Crippen molar-refractivity contribution in [1.29, 1.82) is 0 Å². The van der Waals surface area contributed by atoms with E-state index in [0.717, 1.165) is 5.76 Å². The van der Waals surface area contributed by atoms with Gasteiger partial charge in [-0.15, -0.1) is 0 Å². The van der Waals surface area contributed by atoms with Gasteiger partial charge in [0.15, 0.2) is 0 Å². The number of aliphatic carboxylic acids is 1. The van der Waals surface area contributed by atoms with Crippen molar-refractivity contribution in [1.82, 2.24) is 5.32 Å². The SMILES string of the molecule is Cc1ccc(/C=C/C(=O)NC(C)(C)C(=O)O)o1. The molecule has 0 saturated carbocycles. The molecule has 1 aromatic rings. The van der Waals surface area contributed by atoms with Crippen LogP contribution in [0.15, 0.2) is 22.6 Å². The zero-order valence-corrected chi connectivity index (χ0v) is 9.98. The predicted molar refractivity (Wildman–Crippen MR) is 62.3 cm³/mol. The van der Waals surface area contributed by atoms with E-state index in [1.54, 1.807) is 19.1 Å². The summed E-state index contributed by atoms with van der Waals surface area (Å²) in [6.07, 6.45) is 2.73. The molecule has 5 heteroatoms. The summed E-state index contributed by atoms with van der Waals surface area (Å²) in [6.45, 7) is 4.63. The van der Waals surface area contributed by atoms with Gasteiger partial charge in [0.2, 0.25) is 5.91 Å². The van der Waals surface area contributed by atoms with Gasteiger partial charge in [0.25, 0.3) is 0 Å². The lowest BCUT2D eigenvalue weighted by Gasteiger charge is -2.19. The first-order chi connectivity index (χ1) is 7.81. The third-order valence-electron chi connectivity index (χ3n) is 2.13. The van der Waals surface area contributed by atoms with Crippen molar-refractivity contribution in [2.45, 2.75) is 26.3 Å². The third-order valence-corrected chi connectivity index (χ3v) is 2.13. The zero-order chi connectivity index (χ0) is 13.1. The molecular weight excluding hydrogens is 222 g/mol. The second-order valence-electron chi connectivity index (χ2n) is 4.20. The van der Waals surface area contributed by atoms with E-state index in [9.17, 15) is 9.59 Å². The van der Waals surface area contributed by atoms with E-state index in [0.29, 0.717) is 5.76 Å². The number of nitrogens with one attached hydrogen (secondary N) is 1. The molecule has 1 rings (SSSR count). The van der Waals surface area contributed by atoms with Crippen LogP contribution in [0.2, 0.25) is 0 Å². The van der Waals surface area contributed by atoms with Crippen molar-refractivity contribution < 1.29 is 19.1 Å². The molecular formula is C12H15NO4. The second-order valence-corrected chi connectivity index (χ2v) is 4.20. The van der Waals surface area contributed by atoms with Gasteiger partial charge >= 0.3 is 5.97 Å². The molecule has 92 valence electrons. The zero-order valence-electron chi connectivity index (χ0n) is 9.98. The van der Waals surface area contributed by atoms with Crippen molar-refractivity contribution in [3.05, 3.63) is 29.7 Å². The normalized spacial score (nSPS) is 11.7. The summed E-state index contributed by atoms with van der Waals surface area (Å²) >= 11 is 0. The maximum atomic E-state index is 11.4. The van der Waals surface area contributed by atoms with Crippen LogP contribution in [0.3, 0.4) is 0 Å². The number of carboxylic acids is 1. The van der Waals surface area contributed by atoms with Crippen LogP contribution in [0.5, 0.6) is 0 Å². The first-order valence-corrected chi connectivity index (χ1v) is 5.11. The summed E-state index contributed by atoms with van der Waals surface area (Å²) in [5, 5.41) is 11.2. The van der Waals surface area contributed by atoms with E-state index in [4.69, 9.17) is 9.52 Å². The Morgan fingerprint density at radius 3 is 2.53 bits per heavy atom. The number of carboxylic acid groups (broad SMARTS) is 1. The Bertz CT molecular complexity index is 457. The fourth-order valence-corrected chi connectivity index (χ4v) is 1.10. The van der Waals surface area contributed by atoms with Crippen molar-refractivity contribution in [2.75, 3.05) is 0 Å². The van der Waals surface area contributed by atoms with Crippen molar-refractivity contribution in [2.24, 2.45) is 0 Å². The fraction of sp³-hybridized carbons (Fsp3) is 0.333. The lowest BCUT2D eigenvalue weighted by Crippen LogP contribution is -2.49. The number of amides is 1. The van der Waals surface area contributed by atoms with Crippen molar-refractivity contribution in [3.63, 3.8) is 0 Å². The number of hydrogen-bond donors (Lipinski definition) is 2. The van der Waals surface area contributed by atoms with E-state index in [1.165, 1.54) is 26.0 Å². The fourth-order valence-electron chi connectivity index (χ4n) is 1.10. The summed E-state index contributed by atoms with van der Waals surface area (Å²) in [7, 11) is 0. The molecule has 0 bridgehead atoms. The van der Waals surface area contributed by atoms with Crippen LogP contribution in [-0.4, -0.2) is 22.5 Å². The average molecular weight is 237 g/mol. The summed E-state index contributed by atoms with van der Waals surface area (Å²) in [6, 6.07) is 3.50. The van der Waals surface area contributed by atoms with Gasteiger partial charge in [0.05, 0.1) is 0 Å². The van der Waals surface area contributed by atoms with Crippen LogP contribution in [-0.2, 0) is 9.59 Å². The Morgan fingerprint density at radius 2 is 2.06 bits per heavy atom. The summed E-state index contributed by atoms with van der Waals surface area (Å²) in [5.74, 6) is -0.277. The Balaban J connectivity index is 2.61. The molecule has 0 atom stereocenters. The topological polar surface area (TPSA) is 79.5 Å². The highest BCUT2D eigenvalue weighted by Crippen LogP contribution is 2.08. The smallest absolute Gasteiger partial charge is 0.328 e. The van der Waals surface area contributed by atoms with Gasteiger partial charge in [-0.2, -0.15) is 0 Å². The monoisotopic (exact) mass is 237 g/mol. The minimum absolute atomic E-state index is 0.480. The highest BCUT2D eigenvalue weighted by molar-refractivity contribution is 5.95. The Hall–Kier alpha value is -2.04. The van der Waals surface area contributed by atoms with E-state index in [2.05, 4.69) is 5.32 Å². The molecule has 1 aromatic heterocycles. The molecule has 2 N–H and O–H groups in total. The number of hydrogen-bond acceptors (Lipinski definition) is 3. The average Bonchev–Trinajstić information content (AvgIpc) is 2.60. The molecule has 0 aliphatic heterocycles. The Morgan fingerprint density at radius 1 is 1.41 bits per heavy atom. The molecule has 0 unspecified atom stereocenters. The molecule has 0 fully saturated rings.